The summed E-state index contributed by atoms with van der Waals surface area (Å²) in [6.45, 7) is 6.06. The van der Waals surface area contributed by atoms with E-state index in [4.69, 9.17) is 4.74 Å². The standard InChI is InChI=1S/C21H23N3O5/c1-21(2,3)29-20(26)23-12-4-5-15-13-16(8-11-18(15)23)22-19(25)14-6-9-17(10-7-14)24(27)28/h6-11,13H,4-5,12H2,1-3H3,(H,22,25). The van der Waals surface area contributed by atoms with E-state index >= 15 is 0 Å². The third-order valence-corrected chi connectivity index (χ3v) is 4.41. The van der Waals surface area contributed by atoms with Crippen molar-refractivity contribution in [2.45, 2.75) is 39.2 Å². The maximum absolute atomic E-state index is 12.5. The van der Waals surface area contributed by atoms with Crippen LogP contribution >= 0.6 is 0 Å². The lowest BCUT2D eigenvalue weighted by Crippen LogP contribution is -2.39. The molecule has 0 saturated carbocycles. The van der Waals surface area contributed by atoms with Crippen molar-refractivity contribution in [3.8, 4) is 0 Å². The summed E-state index contributed by atoms with van der Waals surface area (Å²) in [5, 5.41) is 13.5. The number of aryl methyl sites for hydroxylation is 1. The largest absolute Gasteiger partial charge is 0.443 e. The maximum Gasteiger partial charge on any atom is 0.414 e. The third kappa shape index (κ3) is 4.90. The van der Waals surface area contributed by atoms with Crippen LogP contribution in [0.3, 0.4) is 0 Å². The Morgan fingerprint density at radius 3 is 2.45 bits per heavy atom. The number of carbonyl (C=O) groups is 2. The lowest BCUT2D eigenvalue weighted by Gasteiger charge is -2.32. The summed E-state index contributed by atoms with van der Waals surface area (Å²) in [5.41, 5.74) is 2.00. The lowest BCUT2D eigenvalue weighted by atomic mass is 10.0. The van der Waals surface area contributed by atoms with E-state index in [-0.39, 0.29) is 17.7 Å². The first-order valence-corrected chi connectivity index (χ1v) is 9.33. The molecule has 8 nitrogen and oxygen atoms in total. The van der Waals surface area contributed by atoms with Gasteiger partial charge in [-0.05, 0) is 69.5 Å². The summed E-state index contributed by atoms with van der Waals surface area (Å²) < 4.78 is 5.48. The molecule has 2 aromatic carbocycles. The fraction of sp³-hybridized carbons (Fsp3) is 0.333. The van der Waals surface area contributed by atoms with Gasteiger partial charge in [-0.2, -0.15) is 0 Å². The zero-order valence-corrected chi connectivity index (χ0v) is 16.6. The number of non-ortho nitro benzene ring substituents is 1. The predicted molar refractivity (Wildman–Crippen MR) is 109 cm³/mol. The number of nitro benzene ring substituents is 1. The zero-order valence-electron chi connectivity index (χ0n) is 16.6. The molecule has 2 aromatic rings. The minimum Gasteiger partial charge on any atom is -0.443 e. The summed E-state index contributed by atoms with van der Waals surface area (Å²) in [6, 6.07) is 10.8. The van der Waals surface area contributed by atoms with Crippen LogP contribution in [0.4, 0.5) is 21.9 Å². The predicted octanol–water partition coefficient (Wildman–Crippen LogP) is 4.53. The molecule has 0 atom stereocenters. The first-order valence-electron chi connectivity index (χ1n) is 9.33. The first-order chi connectivity index (χ1) is 13.6. The van der Waals surface area contributed by atoms with Gasteiger partial charge in [0.2, 0.25) is 0 Å². The third-order valence-electron chi connectivity index (χ3n) is 4.41. The molecule has 0 aromatic heterocycles. The number of amides is 2. The number of carbonyl (C=O) groups excluding carboxylic acids is 2. The Balaban J connectivity index is 1.75. The van der Waals surface area contributed by atoms with Gasteiger partial charge >= 0.3 is 6.09 Å². The minimum absolute atomic E-state index is 0.0717. The van der Waals surface area contributed by atoms with E-state index < -0.39 is 10.5 Å². The van der Waals surface area contributed by atoms with Gasteiger partial charge in [0, 0.05) is 29.9 Å². The lowest BCUT2D eigenvalue weighted by molar-refractivity contribution is -0.384. The highest BCUT2D eigenvalue weighted by molar-refractivity contribution is 6.04. The summed E-state index contributed by atoms with van der Waals surface area (Å²) >= 11 is 0. The van der Waals surface area contributed by atoms with Crippen LogP contribution in [0.1, 0.15) is 43.1 Å². The molecular weight excluding hydrogens is 374 g/mol. The number of hydrogen-bond donors (Lipinski definition) is 1. The highest BCUT2D eigenvalue weighted by Gasteiger charge is 2.27. The summed E-state index contributed by atoms with van der Waals surface area (Å²) in [5.74, 6) is -0.361. The van der Waals surface area contributed by atoms with Gasteiger partial charge in [0.25, 0.3) is 11.6 Å². The Morgan fingerprint density at radius 2 is 1.83 bits per heavy atom. The average Bonchev–Trinajstić information content (AvgIpc) is 2.66. The number of rotatable bonds is 3. The van der Waals surface area contributed by atoms with Crippen molar-refractivity contribution >= 4 is 29.1 Å². The molecule has 0 aliphatic carbocycles. The molecule has 29 heavy (non-hydrogen) atoms. The molecule has 0 unspecified atom stereocenters. The van der Waals surface area contributed by atoms with Crippen molar-refractivity contribution in [1.29, 1.82) is 0 Å². The van der Waals surface area contributed by atoms with Gasteiger partial charge in [0.05, 0.1) is 10.6 Å². The molecule has 1 N–H and O–H groups in total. The average molecular weight is 397 g/mol. The number of ether oxygens (including phenoxy) is 1. The highest BCUT2D eigenvalue weighted by atomic mass is 16.6. The fourth-order valence-corrected chi connectivity index (χ4v) is 3.12. The number of nitro groups is 1. The Morgan fingerprint density at radius 1 is 1.14 bits per heavy atom. The fourth-order valence-electron chi connectivity index (χ4n) is 3.12. The normalized spacial score (nSPS) is 13.4. The Bertz CT molecular complexity index is 948. The molecule has 0 spiro atoms. The Hall–Kier alpha value is -3.42. The smallest absolute Gasteiger partial charge is 0.414 e. The molecule has 0 radical (unpaired) electrons. The van der Waals surface area contributed by atoms with Gasteiger partial charge in [-0.25, -0.2) is 4.79 Å². The quantitative estimate of drug-likeness (QED) is 0.605. The van der Waals surface area contributed by atoms with Crippen molar-refractivity contribution in [2.75, 3.05) is 16.8 Å². The number of anilines is 2. The van der Waals surface area contributed by atoms with Gasteiger partial charge in [0.1, 0.15) is 5.60 Å². The van der Waals surface area contributed by atoms with Crippen LogP contribution in [0.5, 0.6) is 0 Å². The SMILES string of the molecule is CC(C)(C)OC(=O)N1CCCc2cc(NC(=O)c3ccc([N+](=O)[O-])cc3)ccc21. The zero-order chi connectivity index (χ0) is 21.2. The van der Waals surface area contributed by atoms with Crippen LogP contribution in [-0.2, 0) is 11.2 Å². The number of nitrogens with zero attached hydrogens (tertiary/aromatic N) is 2. The van der Waals surface area contributed by atoms with Crippen LogP contribution in [0.25, 0.3) is 0 Å². The summed E-state index contributed by atoms with van der Waals surface area (Å²) in [7, 11) is 0. The number of fused-ring (bicyclic) bond motifs is 1. The molecule has 1 aliphatic rings. The molecule has 2 amide bonds. The molecule has 8 heteroatoms. The Kier molecular flexibility index (Phi) is 5.54. The topological polar surface area (TPSA) is 102 Å². The van der Waals surface area contributed by atoms with Gasteiger partial charge in [-0.15, -0.1) is 0 Å². The van der Waals surface area contributed by atoms with Crippen LogP contribution < -0.4 is 10.2 Å². The first kappa shape index (κ1) is 20.3. The second-order valence-corrected chi connectivity index (χ2v) is 7.84. The van der Waals surface area contributed by atoms with Gasteiger partial charge in [0.15, 0.2) is 0 Å². The van der Waals surface area contributed by atoms with Gasteiger partial charge in [-0.3, -0.25) is 19.8 Å². The summed E-state index contributed by atoms with van der Waals surface area (Å²) in [4.78, 5) is 36.7. The van der Waals surface area contributed by atoms with E-state index in [1.165, 1.54) is 24.3 Å². The van der Waals surface area contributed by atoms with E-state index in [1.54, 1.807) is 17.0 Å². The van der Waals surface area contributed by atoms with Crippen molar-refractivity contribution in [3.63, 3.8) is 0 Å². The summed E-state index contributed by atoms with van der Waals surface area (Å²) in [6.07, 6.45) is 1.20. The minimum atomic E-state index is -0.576. The monoisotopic (exact) mass is 397 g/mol. The van der Waals surface area contributed by atoms with Crippen LogP contribution in [-0.4, -0.2) is 29.1 Å². The molecule has 152 valence electrons. The second-order valence-electron chi connectivity index (χ2n) is 7.84. The Labute approximate surface area is 168 Å². The van der Waals surface area contributed by atoms with Crippen molar-refractivity contribution in [2.24, 2.45) is 0 Å². The molecule has 3 rings (SSSR count). The van der Waals surface area contributed by atoms with Crippen LogP contribution in [0.15, 0.2) is 42.5 Å². The van der Waals surface area contributed by atoms with Gasteiger partial charge < -0.3 is 10.1 Å². The van der Waals surface area contributed by atoms with E-state index in [0.717, 1.165) is 24.1 Å². The van der Waals surface area contributed by atoms with Gasteiger partial charge in [-0.1, -0.05) is 0 Å². The van der Waals surface area contributed by atoms with E-state index in [1.807, 2.05) is 26.8 Å². The van der Waals surface area contributed by atoms with E-state index in [9.17, 15) is 19.7 Å². The van der Waals surface area contributed by atoms with E-state index in [2.05, 4.69) is 5.32 Å². The maximum atomic E-state index is 12.5. The molecule has 0 fully saturated rings. The van der Waals surface area contributed by atoms with Crippen molar-refractivity contribution < 1.29 is 19.2 Å². The highest BCUT2D eigenvalue weighted by Crippen LogP contribution is 2.31. The number of nitrogens with one attached hydrogen (secondary N) is 1. The molecule has 0 bridgehead atoms. The van der Waals surface area contributed by atoms with Crippen molar-refractivity contribution in [3.05, 3.63) is 63.7 Å². The van der Waals surface area contributed by atoms with Crippen LogP contribution in [0.2, 0.25) is 0 Å². The molecule has 1 aliphatic heterocycles. The molecule has 1 heterocycles. The number of hydrogen-bond acceptors (Lipinski definition) is 5. The molecule has 0 saturated heterocycles. The van der Waals surface area contributed by atoms with Crippen LogP contribution in [0, 0.1) is 10.1 Å². The van der Waals surface area contributed by atoms with Crippen molar-refractivity contribution in [1.82, 2.24) is 0 Å². The second kappa shape index (κ2) is 7.90. The number of benzene rings is 2. The molecular formula is C21H23N3O5. The van der Waals surface area contributed by atoms with E-state index in [0.29, 0.717) is 17.8 Å².